The Labute approximate surface area is 91.7 Å². The van der Waals surface area contributed by atoms with Crippen molar-refractivity contribution in [2.24, 2.45) is 5.73 Å². The molecular weight excluding hydrogens is 216 g/mol. The first kappa shape index (κ1) is 9.37. The van der Waals surface area contributed by atoms with Crippen LogP contribution in [-0.4, -0.2) is 9.97 Å². The molecular formula is C10H7ClN2S. The molecule has 0 unspecified atom stereocenters. The molecule has 0 amide bonds. The SMILES string of the molecule is NC(=S)c1cc2ccccc2nc1Cl. The van der Waals surface area contributed by atoms with Gasteiger partial charge in [0.1, 0.15) is 10.1 Å². The number of rotatable bonds is 1. The predicted octanol–water partition coefficient (Wildman–Crippen LogP) is 2.52. The standard InChI is InChI=1S/C10H7ClN2S/c11-9-7(10(12)14)5-6-3-1-2-4-8(6)13-9/h1-5H,(H2,12,14). The van der Waals surface area contributed by atoms with Crippen LogP contribution >= 0.6 is 23.8 Å². The number of fused-ring (bicyclic) bond motifs is 1. The van der Waals surface area contributed by atoms with Gasteiger partial charge in [-0.05, 0) is 12.1 Å². The Bertz CT molecular complexity index is 510. The Kier molecular flexibility index (Phi) is 2.35. The van der Waals surface area contributed by atoms with Crippen molar-refractivity contribution in [2.45, 2.75) is 0 Å². The zero-order valence-corrected chi connectivity index (χ0v) is 8.77. The Morgan fingerprint density at radius 2 is 2.07 bits per heavy atom. The monoisotopic (exact) mass is 222 g/mol. The molecule has 4 heteroatoms. The van der Waals surface area contributed by atoms with Crippen LogP contribution in [0.1, 0.15) is 5.56 Å². The van der Waals surface area contributed by atoms with Gasteiger partial charge in [-0.3, -0.25) is 0 Å². The number of thiocarbonyl (C=S) groups is 1. The van der Waals surface area contributed by atoms with E-state index >= 15 is 0 Å². The Morgan fingerprint density at radius 3 is 2.79 bits per heavy atom. The minimum Gasteiger partial charge on any atom is -0.389 e. The van der Waals surface area contributed by atoms with Crippen molar-refractivity contribution in [1.29, 1.82) is 0 Å². The first-order valence-electron chi connectivity index (χ1n) is 4.03. The number of halogens is 1. The third kappa shape index (κ3) is 1.56. The lowest BCUT2D eigenvalue weighted by atomic mass is 10.1. The van der Waals surface area contributed by atoms with Crippen molar-refractivity contribution in [3.63, 3.8) is 0 Å². The largest absolute Gasteiger partial charge is 0.389 e. The van der Waals surface area contributed by atoms with E-state index in [1.165, 1.54) is 0 Å². The summed E-state index contributed by atoms with van der Waals surface area (Å²) in [6, 6.07) is 9.53. The van der Waals surface area contributed by atoms with Gasteiger partial charge in [0.25, 0.3) is 0 Å². The summed E-state index contributed by atoms with van der Waals surface area (Å²) in [5.41, 5.74) is 6.98. The summed E-state index contributed by atoms with van der Waals surface area (Å²) < 4.78 is 0. The zero-order valence-electron chi connectivity index (χ0n) is 7.20. The van der Waals surface area contributed by atoms with Crippen molar-refractivity contribution >= 4 is 39.7 Å². The lowest BCUT2D eigenvalue weighted by Gasteiger charge is -2.03. The summed E-state index contributed by atoms with van der Waals surface area (Å²) in [6.07, 6.45) is 0. The predicted molar refractivity (Wildman–Crippen MR) is 62.6 cm³/mol. The quantitative estimate of drug-likeness (QED) is 0.595. The average Bonchev–Trinajstić information content (AvgIpc) is 2.16. The molecule has 0 bridgehead atoms. The highest BCUT2D eigenvalue weighted by molar-refractivity contribution is 7.80. The normalized spacial score (nSPS) is 10.4. The smallest absolute Gasteiger partial charge is 0.139 e. The van der Waals surface area contributed by atoms with Crippen LogP contribution in [0.25, 0.3) is 10.9 Å². The maximum atomic E-state index is 5.92. The van der Waals surface area contributed by atoms with E-state index in [9.17, 15) is 0 Å². The second-order valence-corrected chi connectivity index (χ2v) is 3.68. The minimum absolute atomic E-state index is 0.272. The van der Waals surface area contributed by atoms with Gasteiger partial charge < -0.3 is 5.73 Å². The second-order valence-electron chi connectivity index (χ2n) is 2.88. The third-order valence-corrected chi connectivity index (χ3v) is 2.45. The van der Waals surface area contributed by atoms with Gasteiger partial charge in [0.15, 0.2) is 0 Å². The molecule has 0 atom stereocenters. The Morgan fingerprint density at radius 1 is 1.36 bits per heavy atom. The van der Waals surface area contributed by atoms with Gasteiger partial charge in [-0.1, -0.05) is 42.0 Å². The molecule has 0 aliphatic carbocycles. The van der Waals surface area contributed by atoms with E-state index in [2.05, 4.69) is 4.98 Å². The molecule has 0 fully saturated rings. The van der Waals surface area contributed by atoms with Crippen LogP contribution in [0.2, 0.25) is 5.15 Å². The van der Waals surface area contributed by atoms with Crippen molar-refractivity contribution in [3.05, 3.63) is 41.0 Å². The fourth-order valence-corrected chi connectivity index (χ4v) is 1.72. The highest BCUT2D eigenvalue weighted by atomic mass is 35.5. The van der Waals surface area contributed by atoms with Crippen LogP contribution in [0.4, 0.5) is 0 Å². The van der Waals surface area contributed by atoms with E-state index < -0.39 is 0 Å². The molecule has 0 saturated heterocycles. The minimum atomic E-state index is 0.272. The van der Waals surface area contributed by atoms with Crippen LogP contribution in [0.15, 0.2) is 30.3 Å². The summed E-state index contributed by atoms with van der Waals surface area (Å²) in [4.78, 5) is 4.47. The number of nitrogens with zero attached hydrogens (tertiary/aromatic N) is 1. The third-order valence-electron chi connectivity index (χ3n) is 1.94. The Hall–Kier alpha value is -1.19. The number of hydrogen-bond acceptors (Lipinski definition) is 2. The molecule has 2 N–H and O–H groups in total. The number of hydrogen-bond donors (Lipinski definition) is 1. The van der Waals surface area contributed by atoms with Crippen molar-refractivity contribution in [1.82, 2.24) is 4.98 Å². The van der Waals surface area contributed by atoms with Gasteiger partial charge in [0.05, 0.1) is 5.52 Å². The summed E-state index contributed by atoms with van der Waals surface area (Å²) in [6.45, 7) is 0. The van der Waals surface area contributed by atoms with Gasteiger partial charge in [0.2, 0.25) is 0 Å². The molecule has 0 saturated carbocycles. The zero-order chi connectivity index (χ0) is 10.1. The second kappa shape index (κ2) is 3.52. The molecule has 0 radical (unpaired) electrons. The van der Waals surface area contributed by atoms with Gasteiger partial charge in [-0.15, -0.1) is 0 Å². The average molecular weight is 223 g/mol. The fraction of sp³-hybridized carbons (Fsp3) is 0. The molecule has 70 valence electrons. The van der Waals surface area contributed by atoms with Crippen LogP contribution in [-0.2, 0) is 0 Å². The number of nitrogens with two attached hydrogens (primary N) is 1. The highest BCUT2D eigenvalue weighted by Gasteiger charge is 2.06. The summed E-state index contributed by atoms with van der Waals surface area (Å²) >= 11 is 10.8. The Balaban J connectivity index is 2.77. The lowest BCUT2D eigenvalue weighted by molar-refractivity contribution is 1.39. The number of pyridine rings is 1. The number of para-hydroxylation sites is 1. The molecule has 1 aromatic carbocycles. The molecule has 0 aliphatic heterocycles. The summed E-state index contributed by atoms with van der Waals surface area (Å²) in [5, 5.41) is 1.34. The molecule has 0 spiro atoms. The first-order chi connectivity index (χ1) is 6.68. The van der Waals surface area contributed by atoms with Crippen LogP contribution in [0.5, 0.6) is 0 Å². The van der Waals surface area contributed by atoms with Crippen LogP contribution in [0, 0.1) is 0 Å². The molecule has 1 aromatic heterocycles. The van der Waals surface area contributed by atoms with E-state index in [1.54, 1.807) is 0 Å². The number of benzene rings is 1. The van der Waals surface area contributed by atoms with Crippen molar-refractivity contribution in [3.8, 4) is 0 Å². The summed E-state index contributed by atoms with van der Waals surface area (Å²) in [7, 11) is 0. The van der Waals surface area contributed by atoms with E-state index in [4.69, 9.17) is 29.6 Å². The maximum absolute atomic E-state index is 5.92. The van der Waals surface area contributed by atoms with E-state index in [1.807, 2.05) is 30.3 Å². The van der Waals surface area contributed by atoms with Crippen LogP contribution < -0.4 is 5.73 Å². The topological polar surface area (TPSA) is 38.9 Å². The first-order valence-corrected chi connectivity index (χ1v) is 4.82. The van der Waals surface area contributed by atoms with Gasteiger partial charge >= 0.3 is 0 Å². The van der Waals surface area contributed by atoms with Gasteiger partial charge in [-0.2, -0.15) is 0 Å². The maximum Gasteiger partial charge on any atom is 0.139 e. The van der Waals surface area contributed by atoms with Crippen molar-refractivity contribution < 1.29 is 0 Å². The molecule has 2 nitrogen and oxygen atoms in total. The van der Waals surface area contributed by atoms with Crippen molar-refractivity contribution in [2.75, 3.05) is 0 Å². The van der Waals surface area contributed by atoms with E-state index in [0.717, 1.165) is 10.9 Å². The fourth-order valence-electron chi connectivity index (χ4n) is 1.27. The molecule has 2 aromatic rings. The van der Waals surface area contributed by atoms with Gasteiger partial charge in [0, 0.05) is 10.9 Å². The van der Waals surface area contributed by atoms with Gasteiger partial charge in [-0.25, -0.2) is 4.98 Å². The number of aromatic nitrogens is 1. The summed E-state index contributed by atoms with van der Waals surface area (Å²) in [5.74, 6) is 0. The highest BCUT2D eigenvalue weighted by Crippen LogP contribution is 2.19. The molecule has 0 aliphatic rings. The molecule has 2 rings (SSSR count). The van der Waals surface area contributed by atoms with Crippen LogP contribution in [0.3, 0.4) is 0 Å². The van der Waals surface area contributed by atoms with E-state index in [0.29, 0.717) is 10.7 Å². The lowest BCUT2D eigenvalue weighted by Crippen LogP contribution is -2.10. The van der Waals surface area contributed by atoms with E-state index in [-0.39, 0.29) is 4.99 Å². The molecule has 14 heavy (non-hydrogen) atoms. The molecule has 1 heterocycles.